The van der Waals surface area contributed by atoms with Gasteiger partial charge in [0.2, 0.25) is 0 Å². The van der Waals surface area contributed by atoms with Gasteiger partial charge >= 0.3 is 0 Å². The van der Waals surface area contributed by atoms with Gasteiger partial charge in [-0.25, -0.2) is 0 Å². The Bertz CT molecular complexity index is 486. The Morgan fingerprint density at radius 2 is 1.76 bits per heavy atom. The van der Waals surface area contributed by atoms with E-state index in [0.717, 1.165) is 11.0 Å². The summed E-state index contributed by atoms with van der Waals surface area (Å²) in [4.78, 5) is 4.51. The Morgan fingerprint density at radius 1 is 1.12 bits per heavy atom. The third-order valence-corrected chi connectivity index (χ3v) is 2.42. The average molecular weight is 234 g/mol. The molecule has 0 bridgehead atoms. The minimum absolute atomic E-state index is 0. The number of para-hydroxylation sites is 2. The Balaban J connectivity index is 0.00000144. The first-order chi connectivity index (χ1) is 7.59. The molecule has 0 unspecified atom stereocenters. The number of hydrogen-bond acceptors (Lipinski definition) is 2. The molecule has 2 rings (SSSR count). The zero-order valence-electron chi connectivity index (χ0n) is 10.3. The summed E-state index contributed by atoms with van der Waals surface area (Å²) in [7, 11) is 0. The Labute approximate surface area is 103 Å². The van der Waals surface area contributed by atoms with Crippen LogP contribution in [0.25, 0.3) is 11.0 Å². The lowest BCUT2D eigenvalue weighted by molar-refractivity contribution is 0.210. The number of aromatic nitrogens is 2. The third-order valence-electron chi connectivity index (χ3n) is 2.42. The van der Waals surface area contributed by atoms with Crippen molar-refractivity contribution in [2.24, 2.45) is 0 Å². The Hall–Kier alpha value is -1.51. The van der Waals surface area contributed by atoms with Crippen LogP contribution in [0.15, 0.2) is 24.3 Å². The van der Waals surface area contributed by atoms with Crippen LogP contribution in [-0.2, 0) is 0 Å². The zero-order chi connectivity index (χ0) is 11.7. The lowest BCUT2D eigenvalue weighted by Gasteiger charge is -2.14. The van der Waals surface area contributed by atoms with Gasteiger partial charge in [-0.3, -0.25) is 4.57 Å². The summed E-state index contributed by atoms with van der Waals surface area (Å²) < 4.78 is 7.88. The van der Waals surface area contributed by atoms with Gasteiger partial charge in [0.15, 0.2) is 0 Å². The minimum atomic E-state index is 0. The van der Waals surface area contributed by atoms with E-state index in [-0.39, 0.29) is 13.5 Å². The molecule has 1 aromatic carbocycles. The second-order valence-corrected chi connectivity index (χ2v) is 4.51. The Kier molecular flexibility index (Phi) is 4.16. The van der Waals surface area contributed by atoms with Crippen molar-refractivity contribution in [3.05, 3.63) is 24.3 Å². The van der Waals surface area contributed by atoms with E-state index in [1.807, 2.05) is 32.0 Å². The molecule has 0 fully saturated rings. The van der Waals surface area contributed by atoms with Gasteiger partial charge < -0.3 is 4.74 Å². The standard InChI is InChI=1S/C13H18N2O.CH4/c1-9(2)15-12-8-6-5-7-11(12)14-13(15)16-10(3)4;/h5-10H,1-4H3;1H4. The molecular formula is C14H22N2O. The highest BCUT2D eigenvalue weighted by Crippen LogP contribution is 2.26. The van der Waals surface area contributed by atoms with Gasteiger partial charge in [-0.15, -0.1) is 0 Å². The summed E-state index contributed by atoms with van der Waals surface area (Å²) >= 11 is 0. The summed E-state index contributed by atoms with van der Waals surface area (Å²) in [6, 6.07) is 9.19. The first-order valence-corrected chi connectivity index (χ1v) is 5.73. The van der Waals surface area contributed by atoms with Crippen LogP contribution in [0.1, 0.15) is 41.2 Å². The van der Waals surface area contributed by atoms with E-state index >= 15 is 0 Å². The van der Waals surface area contributed by atoms with E-state index in [1.165, 1.54) is 0 Å². The SMILES string of the molecule is C.CC(C)Oc1nc2ccccc2n1C(C)C. The maximum absolute atomic E-state index is 5.74. The lowest BCUT2D eigenvalue weighted by Crippen LogP contribution is -2.12. The van der Waals surface area contributed by atoms with Gasteiger partial charge in [0.1, 0.15) is 0 Å². The number of imidazole rings is 1. The molecule has 0 spiro atoms. The summed E-state index contributed by atoms with van der Waals surface area (Å²) in [5.74, 6) is 0. The van der Waals surface area contributed by atoms with Crippen molar-refractivity contribution in [2.45, 2.75) is 47.3 Å². The largest absolute Gasteiger partial charge is 0.462 e. The predicted molar refractivity (Wildman–Crippen MR) is 72.6 cm³/mol. The molecule has 1 aromatic heterocycles. The maximum Gasteiger partial charge on any atom is 0.297 e. The van der Waals surface area contributed by atoms with Crippen LogP contribution in [0.4, 0.5) is 0 Å². The molecule has 0 saturated heterocycles. The van der Waals surface area contributed by atoms with E-state index in [0.29, 0.717) is 12.1 Å². The summed E-state index contributed by atoms with van der Waals surface area (Å²) in [5.41, 5.74) is 2.13. The van der Waals surface area contributed by atoms with E-state index in [9.17, 15) is 0 Å². The summed E-state index contributed by atoms with van der Waals surface area (Å²) in [5, 5.41) is 0. The quantitative estimate of drug-likeness (QED) is 0.801. The van der Waals surface area contributed by atoms with Gasteiger partial charge in [0, 0.05) is 6.04 Å². The topological polar surface area (TPSA) is 27.1 Å². The number of nitrogens with zero attached hydrogens (tertiary/aromatic N) is 2. The van der Waals surface area contributed by atoms with Crippen LogP contribution in [-0.4, -0.2) is 15.7 Å². The molecule has 3 nitrogen and oxygen atoms in total. The van der Waals surface area contributed by atoms with Crippen molar-refractivity contribution in [1.29, 1.82) is 0 Å². The monoisotopic (exact) mass is 234 g/mol. The Morgan fingerprint density at radius 3 is 2.35 bits per heavy atom. The molecule has 0 aliphatic heterocycles. The van der Waals surface area contributed by atoms with Crippen molar-refractivity contribution in [1.82, 2.24) is 9.55 Å². The van der Waals surface area contributed by atoms with Crippen molar-refractivity contribution in [3.8, 4) is 6.01 Å². The van der Waals surface area contributed by atoms with Crippen LogP contribution < -0.4 is 4.74 Å². The highest BCUT2D eigenvalue weighted by atomic mass is 16.5. The van der Waals surface area contributed by atoms with Crippen LogP contribution in [0.3, 0.4) is 0 Å². The molecule has 0 aliphatic rings. The van der Waals surface area contributed by atoms with Gasteiger partial charge in [0.05, 0.1) is 17.1 Å². The molecule has 0 atom stereocenters. The minimum Gasteiger partial charge on any atom is -0.462 e. The van der Waals surface area contributed by atoms with Crippen molar-refractivity contribution < 1.29 is 4.74 Å². The summed E-state index contributed by atoms with van der Waals surface area (Å²) in [6.45, 7) is 8.32. The molecule has 0 saturated carbocycles. The molecule has 0 N–H and O–H groups in total. The fourth-order valence-electron chi connectivity index (χ4n) is 1.82. The molecule has 1 heterocycles. The third kappa shape index (κ3) is 2.60. The van der Waals surface area contributed by atoms with Crippen molar-refractivity contribution >= 4 is 11.0 Å². The summed E-state index contributed by atoms with van der Waals surface area (Å²) in [6.07, 6.45) is 0.148. The molecule has 0 amide bonds. The maximum atomic E-state index is 5.74. The van der Waals surface area contributed by atoms with E-state index in [2.05, 4.69) is 29.5 Å². The van der Waals surface area contributed by atoms with Crippen LogP contribution in [0.5, 0.6) is 6.01 Å². The normalized spacial score (nSPS) is 10.9. The number of ether oxygens (including phenoxy) is 1. The van der Waals surface area contributed by atoms with Crippen LogP contribution >= 0.6 is 0 Å². The number of rotatable bonds is 3. The fourth-order valence-corrected chi connectivity index (χ4v) is 1.82. The van der Waals surface area contributed by atoms with Gasteiger partial charge in [-0.1, -0.05) is 19.6 Å². The lowest BCUT2D eigenvalue weighted by atomic mass is 10.3. The number of benzene rings is 1. The first-order valence-electron chi connectivity index (χ1n) is 5.73. The highest BCUT2D eigenvalue weighted by Gasteiger charge is 2.14. The molecule has 3 heteroatoms. The second-order valence-electron chi connectivity index (χ2n) is 4.51. The average Bonchev–Trinajstić information content (AvgIpc) is 2.53. The molecule has 94 valence electrons. The highest BCUT2D eigenvalue weighted by molar-refractivity contribution is 5.76. The zero-order valence-corrected chi connectivity index (χ0v) is 10.3. The van der Waals surface area contributed by atoms with Crippen LogP contribution in [0, 0.1) is 0 Å². The molecule has 2 aromatic rings. The van der Waals surface area contributed by atoms with Crippen molar-refractivity contribution in [2.75, 3.05) is 0 Å². The van der Waals surface area contributed by atoms with Gasteiger partial charge in [0.25, 0.3) is 6.01 Å². The fraction of sp³-hybridized carbons (Fsp3) is 0.500. The predicted octanol–water partition coefficient (Wildman–Crippen LogP) is 4.04. The first kappa shape index (κ1) is 13.6. The van der Waals surface area contributed by atoms with E-state index in [1.54, 1.807) is 0 Å². The van der Waals surface area contributed by atoms with Gasteiger partial charge in [-0.05, 0) is 39.8 Å². The number of fused-ring (bicyclic) bond motifs is 1. The van der Waals surface area contributed by atoms with E-state index < -0.39 is 0 Å². The molecule has 0 aliphatic carbocycles. The second kappa shape index (κ2) is 5.21. The molecule has 0 radical (unpaired) electrons. The molecule has 17 heavy (non-hydrogen) atoms. The van der Waals surface area contributed by atoms with Crippen molar-refractivity contribution in [3.63, 3.8) is 0 Å². The smallest absolute Gasteiger partial charge is 0.297 e. The van der Waals surface area contributed by atoms with E-state index in [4.69, 9.17) is 4.74 Å². The number of hydrogen-bond donors (Lipinski definition) is 0. The van der Waals surface area contributed by atoms with Gasteiger partial charge in [-0.2, -0.15) is 4.98 Å². The van der Waals surface area contributed by atoms with Crippen LogP contribution in [0.2, 0.25) is 0 Å². The molecular weight excluding hydrogens is 212 g/mol.